The molecule has 1 aromatic rings. The van der Waals surface area contributed by atoms with Crippen LogP contribution < -0.4 is 15.8 Å². The highest BCUT2D eigenvalue weighted by Gasteiger charge is 2.27. The van der Waals surface area contributed by atoms with Gasteiger partial charge < -0.3 is 20.5 Å². The third kappa shape index (κ3) is 4.71. The van der Waals surface area contributed by atoms with Crippen molar-refractivity contribution in [1.29, 1.82) is 0 Å². The van der Waals surface area contributed by atoms with Crippen LogP contribution in [0.3, 0.4) is 0 Å². The quantitative estimate of drug-likeness (QED) is 0.720. The van der Waals surface area contributed by atoms with Gasteiger partial charge in [-0.1, -0.05) is 6.42 Å². The van der Waals surface area contributed by atoms with Crippen molar-refractivity contribution in [3.8, 4) is 5.75 Å². The number of amides is 1. The van der Waals surface area contributed by atoms with Crippen molar-refractivity contribution in [1.82, 2.24) is 5.32 Å². The number of nitrogens with one attached hydrogen (secondary N) is 1. The smallest absolute Gasteiger partial charge is 0.251 e. The molecular weight excluding hydrogens is 280 g/mol. The van der Waals surface area contributed by atoms with E-state index in [0.717, 1.165) is 31.4 Å². The molecule has 122 valence electrons. The van der Waals surface area contributed by atoms with E-state index in [9.17, 15) is 4.79 Å². The lowest BCUT2D eigenvalue weighted by molar-refractivity contribution is 0.0928. The van der Waals surface area contributed by atoms with E-state index in [0.29, 0.717) is 31.2 Å². The first-order valence-electron chi connectivity index (χ1n) is 7.97. The highest BCUT2D eigenvalue weighted by Crippen LogP contribution is 2.25. The van der Waals surface area contributed by atoms with E-state index in [1.165, 1.54) is 0 Å². The fourth-order valence-corrected chi connectivity index (χ4v) is 2.86. The molecule has 0 spiro atoms. The first-order chi connectivity index (χ1) is 10.7. The van der Waals surface area contributed by atoms with Gasteiger partial charge in [0.25, 0.3) is 5.91 Å². The highest BCUT2D eigenvalue weighted by molar-refractivity contribution is 5.94. The average molecular weight is 306 g/mol. The van der Waals surface area contributed by atoms with Crippen LogP contribution in [-0.4, -0.2) is 38.8 Å². The summed E-state index contributed by atoms with van der Waals surface area (Å²) in [7, 11) is 1.67. The molecule has 0 aromatic heterocycles. The van der Waals surface area contributed by atoms with E-state index in [4.69, 9.17) is 15.2 Å². The standard InChI is InChI=1S/C17H26N2O3/c1-21-10-3-11-22-15-8-6-13(7-9-15)17(20)19-16-5-2-4-14(16)12-18/h6-9,14,16H,2-5,10-12,18H2,1H3,(H,19,20). The molecule has 0 radical (unpaired) electrons. The number of rotatable bonds is 8. The largest absolute Gasteiger partial charge is 0.494 e. The van der Waals surface area contributed by atoms with E-state index in [-0.39, 0.29) is 11.9 Å². The van der Waals surface area contributed by atoms with Gasteiger partial charge in [0, 0.05) is 31.7 Å². The molecule has 2 rings (SSSR count). The molecule has 5 heteroatoms. The SMILES string of the molecule is COCCCOc1ccc(C(=O)NC2CCCC2CN)cc1. The lowest BCUT2D eigenvalue weighted by Crippen LogP contribution is -2.39. The van der Waals surface area contributed by atoms with E-state index < -0.39 is 0 Å². The molecule has 22 heavy (non-hydrogen) atoms. The van der Waals surface area contributed by atoms with Crippen molar-refractivity contribution in [3.63, 3.8) is 0 Å². The zero-order valence-corrected chi connectivity index (χ0v) is 13.2. The maximum Gasteiger partial charge on any atom is 0.251 e. The van der Waals surface area contributed by atoms with Crippen molar-refractivity contribution in [2.24, 2.45) is 11.7 Å². The van der Waals surface area contributed by atoms with Crippen molar-refractivity contribution in [2.45, 2.75) is 31.7 Å². The van der Waals surface area contributed by atoms with Gasteiger partial charge in [0.15, 0.2) is 0 Å². The molecule has 1 aliphatic carbocycles. The fourth-order valence-electron chi connectivity index (χ4n) is 2.86. The summed E-state index contributed by atoms with van der Waals surface area (Å²) in [5, 5.41) is 3.10. The number of hydrogen-bond acceptors (Lipinski definition) is 4. The second-order valence-electron chi connectivity index (χ2n) is 5.73. The minimum atomic E-state index is -0.0312. The van der Waals surface area contributed by atoms with E-state index in [1.54, 1.807) is 19.2 Å². The lowest BCUT2D eigenvalue weighted by Gasteiger charge is -2.19. The summed E-state index contributed by atoms with van der Waals surface area (Å²) in [6.45, 7) is 1.93. The Labute approximate surface area is 132 Å². The van der Waals surface area contributed by atoms with Crippen LogP contribution in [0.25, 0.3) is 0 Å². The number of carbonyl (C=O) groups is 1. The Balaban J connectivity index is 1.83. The molecule has 0 heterocycles. The maximum atomic E-state index is 12.3. The summed E-state index contributed by atoms with van der Waals surface area (Å²) >= 11 is 0. The van der Waals surface area contributed by atoms with Gasteiger partial charge in [0.2, 0.25) is 0 Å². The molecule has 1 fully saturated rings. The fraction of sp³-hybridized carbons (Fsp3) is 0.588. The molecule has 0 saturated heterocycles. The third-order valence-electron chi connectivity index (χ3n) is 4.16. The Hall–Kier alpha value is -1.59. The second kappa shape index (κ2) is 8.76. The maximum absolute atomic E-state index is 12.3. The minimum absolute atomic E-state index is 0.0312. The van der Waals surface area contributed by atoms with Crippen molar-refractivity contribution < 1.29 is 14.3 Å². The van der Waals surface area contributed by atoms with Crippen LogP contribution in [0.4, 0.5) is 0 Å². The van der Waals surface area contributed by atoms with Gasteiger partial charge in [-0.3, -0.25) is 4.79 Å². The molecule has 2 unspecified atom stereocenters. The van der Waals surface area contributed by atoms with E-state index in [2.05, 4.69) is 5.32 Å². The van der Waals surface area contributed by atoms with Crippen LogP contribution >= 0.6 is 0 Å². The zero-order valence-electron chi connectivity index (χ0n) is 13.2. The number of hydrogen-bond donors (Lipinski definition) is 2. The molecule has 1 aliphatic rings. The molecule has 1 amide bonds. The first kappa shape index (κ1) is 16.8. The molecule has 3 N–H and O–H groups in total. The summed E-state index contributed by atoms with van der Waals surface area (Å²) in [5.74, 6) is 1.15. The van der Waals surface area contributed by atoms with E-state index >= 15 is 0 Å². The van der Waals surface area contributed by atoms with Crippen molar-refractivity contribution >= 4 is 5.91 Å². The van der Waals surface area contributed by atoms with Gasteiger partial charge >= 0.3 is 0 Å². The second-order valence-corrected chi connectivity index (χ2v) is 5.73. The Kier molecular flexibility index (Phi) is 6.68. The Bertz CT molecular complexity index is 461. The monoisotopic (exact) mass is 306 g/mol. The third-order valence-corrected chi connectivity index (χ3v) is 4.16. The topological polar surface area (TPSA) is 73.6 Å². The summed E-state index contributed by atoms with van der Waals surface area (Å²) in [5.41, 5.74) is 6.41. The van der Waals surface area contributed by atoms with Crippen molar-refractivity contribution in [2.75, 3.05) is 26.9 Å². The number of carbonyl (C=O) groups excluding carboxylic acids is 1. The van der Waals surface area contributed by atoms with Crippen LogP contribution in [0.5, 0.6) is 5.75 Å². The summed E-state index contributed by atoms with van der Waals surface area (Å²) in [4.78, 5) is 12.3. The summed E-state index contributed by atoms with van der Waals surface area (Å²) < 4.78 is 10.6. The van der Waals surface area contributed by atoms with Crippen LogP contribution in [0.1, 0.15) is 36.0 Å². The van der Waals surface area contributed by atoms with Gasteiger partial charge in [0.1, 0.15) is 5.75 Å². The van der Waals surface area contributed by atoms with Crippen LogP contribution in [0.2, 0.25) is 0 Å². The lowest BCUT2D eigenvalue weighted by atomic mass is 10.0. The molecule has 0 bridgehead atoms. The molecule has 1 aromatic carbocycles. The number of methoxy groups -OCH3 is 1. The minimum Gasteiger partial charge on any atom is -0.494 e. The van der Waals surface area contributed by atoms with Gasteiger partial charge in [0.05, 0.1) is 6.61 Å². The predicted octanol–water partition coefficient (Wildman–Crippen LogP) is 1.96. The van der Waals surface area contributed by atoms with Gasteiger partial charge in [-0.05, 0) is 49.6 Å². The van der Waals surface area contributed by atoms with Gasteiger partial charge in [-0.2, -0.15) is 0 Å². The molecular formula is C17H26N2O3. The number of ether oxygens (including phenoxy) is 2. The molecule has 2 atom stereocenters. The first-order valence-corrected chi connectivity index (χ1v) is 7.97. The molecule has 0 aliphatic heterocycles. The summed E-state index contributed by atoms with van der Waals surface area (Å²) in [6.07, 6.45) is 4.12. The van der Waals surface area contributed by atoms with Crippen LogP contribution in [0.15, 0.2) is 24.3 Å². The Morgan fingerprint density at radius 2 is 2.05 bits per heavy atom. The Morgan fingerprint density at radius 1 is 1.27 bits per heavy atom. The van der Waals surface area contributed by atoms with E-state index in [1.807, 2.05) is 12.1 Å². The molecule has 1 saturated carbocycles. The van der Waals surface area contributed by atoms with Crippen LogP contribution in [0, 0.1) is 5.92 Å². The van der Waals surface area contributed by atoms with Crippen LogP contribution in [-0.2, 0) is 4.74 Å². The zero-order chi connectivity index (χ0) is 15.8. The summed E-state index contributed by atoms with van der Waals surface area (Å²) in [6, 6.07) is 7.47. The predicted molar refractivity (Wildman–Crippen MR) is 86.1 cm³/mol. The van der Waals surface area contributed by atoms with Gasteiger partial charge in [-0.25, -0.2) is 0 Å². The molecule has 5 nitrogen and oxygen atoms in total. The van der Waals surface area contributed by atoms with Gasteiger partial charge in [-0.15, -0.1) is 0 Å². The number of benzene rings is 1. The Morgan fingerprint density at radius 3 is 2.73 bits per heavy atom. The normalized spacial score (nSPS) is 20.8. The average Bonchev–Trinajstić information content (AvgIpc) is 2.99. The highest BCUT2D eigenvalue weighted by atomic mass is 16.5. The van der Waals surface area contributed by atoms with Crippen molar-refractivity contribution in [3.05, 3.63) is 29.8 Å². The number of nitrogens with two attached hydrogens (primary N) is 1.